The molecule has 2 aliphatic heterocycles. The monoisotopic (exact) mass is 1060 g/mol. The van der Waals surface area contributed by atoms with Crippen LogP contribution in [0.5, 0.6) is 5.75 Å². The molecule has 26 nitrogen and oxygen atoms in total. The number of phenols is 1. The summed E-state index contributed by atoms with van der Waals surface area (Å²) in [5.74, 6) is -12.0. The van der Waals surface area contributed by atoms with Gasteiger partial charge in [0.05, 0.1) is 25.9 Å². The number of hydrogen-bond acceptors (Lipinski definition) is 14. The summed E-state index contributed by atoms with van der Waals surface area (Å²) in [6.07, 6.45) is 3.35. The topological polar surface area (TPSA) is 437 Å². The Morgan fingerprint density at radius 2 is 1.08 bits per heavy atom. The van der Waals surface area contributed by atoms with Gasteiger partial charge in [-0.15, -0.1) is 0 Å². The maximum Gasteiger partial charge on any atom is 0.245 e. The van der Waals surface area contributed by atoms with Gasteiger partial charge in [-0.25, -0.2) is 0 Å². The van der Waals surface area contributed by atoms with Crippen LogP contribution in [-0.4, -0.2) is 147 Å². The zero-order valence-corrected chi connectivity index (χ0v) is 42.7. The molecule has 0 radical (unpaired) electrons. The molecule has 26 heteroatoms. The highest BCUT2D eigenvalue weighted by Crippen LogP contribution is 2.21. The zero-order chi connectivity index (χ0) is 55.8. The van der Waals surface area contributed by atoms with Crippen LogP contribution in [0.1, 0.15) is 129 Å². The first kappa shape index (κ1) is 61.9. The van der Waals surface area contributed by atoms with Gasteiger partial charge in [-0.1, -0.05) is 77.3 Å². The fraction of sp³-hybridized carbons (Fsp3) is 0.633. The summed E-state index contributed by atoms with van der Waals surface area (Å²) in [4.78, 5) is 162. The van der Waals surface area contributed by atoms with Gasteiger partial charge in [0, 0.05) is 31.8 Å². The minimum absolute atomic E-state index is 0.00262. The average Bonchev–Trinajstić information content (AvgIpc) is 3.84. The second kappa shape index (κ2) is 31.4. The summed E-state index contributed by atoms with van der Waals surface area (Å²) in [6.45, 7) is 3.24. The lowest BCUT2D eigenvalue weighted by Gasteiger charge is -2.31. The summed E-state index contributed by atoms with van der Waals surface area (Å²) < 4.78 is 0. The fourth-order valence-electron chi connectivity index (χ4n) is 8.71. The van der Waals surface area contributed by atoms with E-state index in [9.17, 15) is 67.7 Å². The molecule has 2 aliphatic rings. The molecule has 17 N–H and O–H groups in total. The van der Waals surface area contributed by atoms with E-state index in [4.69, 9.17) is 22.9 Å². The van der Waals surface area contributed by atoms with E-state index in [0.29, 0.717) is 24.3 Å². The number of primary amides is 4. The largest absolute Gasteiger partial charge is 0.508 e. The minimum Gasteiger partial charge on any atom is -0.508 e. The van der Waals surface area contributed by atoms with E-state index >= 15 is 0 Å². The Morgan fingerprint density at radius 1 is 0.600 bits per heavy atom. The van der Waals surface area contributed by atoms with Gasteiger partial charge >= 0.3 is 0 Å². The number of benzene rings is 1. The summed E-state index contributed by atoms with van der Waals surface area (Å²) >= 11 is 0. The number of aromatic hydroxyl groups is 1. The minimum atomic E-state index is -1.86. The van der Waals surface area contributed by atoms with Gasteiger partial charge in [-0.3, -0.25) is 57.5 Å². The molecule has 2 fully saturated rings. The number of hydrogen-bond donors (Lipinski definition) is 13. The zero-order valence-electron chi connectivity index (χ0n) is 42.7. The molecule has 0 spiro atoms. The first-order valence-electron chi connectivity index (χ1n) is 25.5. The van der Waals surface area contributed by atoms with Crippen molar-refractivity contribution in [2.45, 2.75) is 178 Å². The maximum atomic E-state index is 14.3. The predicted octanol–water partition coefficient (Wildman–Crippen LogP) is -3.23. The number of phenolic OH excluding ortho intramolecular Hbond substituents is 1. The lowest BCUT2D eigenvalue weighted by Crippen LogP contribution is -2.60. The predicted molar refractivity (Wildman–Crippen MR) is 268 cm³/mol. The van der Waals surface area contributed by atoms with E-state index in [1.54, 1.807) is 0 Å². The van der Waals surface area contributed by atoms with Gasteiger partial charge in [-0.05, 0) is 49.3 Å². The molecule has 1 aromatic carbocycles. The molecule has 1 aromatic rings. The van der Waals surface area contributed by atoms with Gasteiger partial charge in [0.1, 0.15) is 48.0 Å². The first-order valence-corrected chi connectivity index (χ1v) is 25.5. The van der Waals surface area contributed by atoms with E-state index in [1.165, 1.54) is 24.3 Å². The Hall–Kier alpha value is -7.38. The number of carbonyl (C=O) groups is 12. The number of amides is 12. The summed E-state index contributed by atoms with van der Waals surface area (Å²) in [5.41, 5.74) is 22.2. The second-order valence-corrected chi connectivity index (χ2v) is 19.3. The quantitative estimate of drug-likeness (QED) is 0.0509. The van der Waals surface area contributed by atoms with Crippen molar-refractivity contribution in [3.8, 4) is 5.75 Å². The Labute approximate surface area is 435 Å². The van der Waals surface area contributed by atoms with Crippen LogP contribution in [0, 0.1) is 5.92 Å². The van der Waals surface area contributed by atoms with Crippen molar-refractivity contribution in [3.63, 3.8) is 0 Å². The van der Waals surface area contributed by atoms with Crippen LogP contribution in [0.3, 0.4) is 0 Å². The smallest absolute Gasteiger partial charge is 0.245 e. The summed E-state index contributed by atoms with van der Waals surface area (Å²) in [7, 11) is 0. The van der Waals surface area contributed by atoms with E-state index in [0.717, 1.165) is 43.4 Å². The van der Waals surface area contributed by atoms with Crippen molar-refractivity contribution in [1.82, 2.24) is 42.1 Å². The van der Waals surface area contributed by atoms with E-state index < -0.39 is 164 Å². The third kappa shape index (κ3) is 21.9. The molecule has 75 heavy (non-hydrogen) atoms. The Morgan fingerprint density at radius 3 is 1.63 bits per heavy atom. The maximum absolute atomic E-state index is 14.3. The molecule has 2 saturated heterocycles. The number of aliphatic hydroxyl groups excluding tert-OH is 1. The van der Waals surface area contributed by atoms with Crippen molar-refractivity contribution >= 4 is 70.9 Å². The van der Waals surface area contributed by atoms with Crippen LogP contribution >= 0.6 is 0 Å². The highest BCUT2D eigenvalue weighted by atomic mass is 16.3. The summed E-state index contributed by atoms with van der Waals surface area (Å²) in [6, 6.07) is -7.36. The molecule has 3 rings (SSSR count). The molecular weight excluding hydrogens is 981 g/mol. The van der Waals surface area contributed by atoms with Crippen molar-refractivity contribution in [3.05, 3.63) is 29.8 Å². The highest BCUT2D eigenvalue weighted by molar-refractivity contribution is 6.00. The average molecular weight is 1060 g/mol. The molecule has 2 unspecified atom stereocenters. The second-order valence-electron chi connectivity index (χ2n) is 19.3. The SMILES string of the molecule is CCC(C)CCCCCCCCC1CC(=O)N[C@@H](CC(N)=O)C(=O)N[C@H](Cc2ccc(O)cc2)C(=O)N[C@H](CC(N)=O)C(=O)N[C@@H](CCC(N)=O)C(=O)N2CCC[C@H]2C(=O)N[C@H](CC(N)=O)C(=O)N[C@@H](CO)C(=O)N1. The highest BCUT2D eigenvalue weighted by Gasteiger charge is 2.41. The molecule has 9 atom stereocenters. The van der Waals surface area contributed by atoms with E-state index in [2.05, 4.69) is 51.1 Å². The van der Waals surface area contributed by atoms with Crippen LogP contribution in [0.15, 0.2) is 24.3 Å². The number of nitrogens with zero attached hydrogens (tertiary/aromatic N) is 1. The molecule has 0 bridgehead atoms. The summed E-state index contributed by atoms with van der Waals surface area (Å²) in [5, 5.41) is 37.3. The number of unbranched alkanes of at least 4 members (excludes halogenated alkanes) is 5. The van der Waals surface area contributed by atoms with Gasteiger partial charge in [0.15, 0.2) is 0 Å². The fourth-order valence-corrected chi connectivity index (χ4v) is 8.71. The number of nitrogens with two attached hydrogens (primary N) is 4. The van der Waals surface area contributed by atoms with Crippen molar-refractivity contribution < 1.29 is 67.7 Å². The normalized spacial score (nSPS) is 24.3. The third-order valence-corrected chi connectivity index (χ3v) is 13.1. The Kier molecular flexibility index (Phi) is 25.9. The standard InChI is InChI=1S/C49H76N12O14/c1-3-27(2)11-8-6-4-5-7-9-12-29-22-42(68)55-33(23-39(51)65)44(70)57-32(21-28-14-16-30(63)17-15-28)43(69)58-34(24-40(52)66)45(71)56-31(18-19-38(50)64)49(75)61-20-10-13-37(61)48(74)59-35(25-41(53)67)46(72)60-36(26-62)47(73)54-29/h14-17,27,29,31-37,62-63H,3-13,18-26H2,1-2H3,(H2,50,64)(H2,51,65)(H2,52,66)(H2,53,67)(H,54,73)(H,55,68)(H,56,71)(H,57,70)(H,58,69)(H,59,74)(H,60,72)/t27?,29?,31-,32+,33-,34+,35+,36-,37-/m0/s1. The Bertz CT molecular complexity index is 2200. The van der Waals surface area contributed by atoms with Crippen molar-refractivity contribution in [2.24, 2.45) is 28.9 Å². The molecular formula is C49H76N12O14. The van der Waals surface area contributed by atoms with Crippen LogP contribution in [-0.2, 0) is 64.0 Å². The van der Waals surface area contributed by atoms with Crippen molar-refractivity contribution in [1.29, 1.82) is 0 Å². The number of nitrogens with one attached hydrogen (secondary N) is 7. The van der Waals surface area contributed by atoms with Gasteiger partial charge < -0.3 is 75.3 Å². The molecule has 0 aliphatic carbocycles. The number of carbonyl (C=O) groups excluding carboxylic acids is 12. The van der Waals surface area contributed by atoms with Gasteiger partial charge in [0.25, 0.3) is 0 Å². The van der Waals surface area contributed by atoms with Crippen molar-refractivity contribution in [2.75, 3.05) is 13.2 Å². The van der Waals surface area contributed by atoms with E-state index in [1.807, 2.05) is 0 Å². The van der Waals surface area contributed by atoms with Gasteiger partial charge in [0.2, 0.25) is 70.9 Å². The Balaban J connectivity index is 2.12. The lowest BCUT2D eigenvalue weighted by molar-refractivity contribution is -0.143. The molecule has 12 amide bonds. The van der Waals surface area contributed by atoms with Gasteiger partial charge in [-0.2, -0.15) is 0 Å². The molecule has 0 aromatic heterocycles. The van der Waals surface area contributed by atoms with E-state index in [-0.39, 0.29) is 38.0 Å². The lowest BCUT2D eigenvalue weighted by atomic mass is 9.99. The molecule has 2 heterocycles. The third-order valence-electron chi connectivity index (χ3n) is 13.1. The van der Waals surface area contributed by atoms with Crippen LogP contribution in [0.4, 0.5) is 0 Å². The number of aliphatic hydroxyl groups is 1. The van der Waals surface area contributed by atoms with Crippen LogP contribution in [0.2, 0.25) is 0 Å². The number of rotatable bonds is 22. The van der Waals surface area contributed by atoms with Crippen LogP contribution in [0.25, 0.3) is 0 Å². The van der Waals surface area contributed by atoms with Crippen LogP contribution < -0.4 is 60.2 Å². The number of fused-ring (bicyclic) bond motifs is 1. The molecule has 416 valence electrons. The molecule has 0 saturated carbocycles. The first-order chi connectivity index (χ1) is 35.5.